The van der Waals surface area contributed by atoms with Gasteiger partial charge in [0.2, 0.25) is 5.91 Å². The molecular weight excluding hydrogens is 336 g/mol. The third kappa shape index (κ3) is 3.15. The third-order valence-electron chi connectivity index (χ3n) is 6.65. The predicted molar refractivity (Wildman–Crippen MR) is 95.0 cm³/mol. The summed E-state index contributed by atoms with van der Waals surface area (Å²) in [6, 6.07) is 6.83. The zero-order chi connectivity index (χ0) is 18.7. The van der Waals surface area contributed by atoms with Crippen molar-refractivity contribution in [1.82, 2.24) is 4.90 Å². The van der Waals surface area contributed by atoms with Gasteiger partial charge in [0.05, 0.1) is 5.60 Å². The first-order valence-corrected chi connectivity index (χ1v) is 9.56. The topological polar surface area (TPSA) is 40.5 Å². The summed E-state index contributed by atoms with van der Waals surface area (Å²) in [5.74, 6) is -2.35. The van der Waals surface area contributed by atoms with E-state index in [4.69, 9.17) is 0 Å². The lowest BCUT2D eigenvalue weighted by Gasteiger charge is -2.52. The van der Waals surface area contributed by atoms with Gasteiger partial charge in [-0.1, -0.05) is 18.2 Å². The largest absolute Gasteiger partial charge is 0.390 e. The Balaban J connectivity index is 1.36. The number of hydrogen-bond acceptors (Lipinski definition) is 2. The minimum atomic E-state index is -2.81. The molecule has 1 heterocycles. The van der Waals surface area contributed by atoms with Crippen LogP contribution in [0.3, 0.4) is 0 Å². The van der Waals surface area contributed by atoms with Crippen LogP contribution in [-0.2, 0) is 10.7 Å². The van der Waals surface area contributed by atoms with Crippen LogP contribution in [0.15, 0.2) is 24.3 Å². The summed E-state index contributed by atoms with van der Waals surface area (Å²) >= 11 is 0. The molecule has 1 N–H and O–H groups in total. The van der Waals surface area contributed by atoms with Crippen LogP contribution in [-0.4, -0.2) is 34.6 Å². The van der Waals surface area contributed by atoms with Crippen molar-refractivity contribution in [1.29, 1.82) is 0 Å². The number of halogens is 2. The van der Waals surface area contributed by atoms with E-state index in [1.807, 2.05) is 11.0 Å². The fourth-order valence-corrected chi connectivity index (χ4v) is 5.20. The second-order valence-electron chi connectivity index (χ2n) is 9.25. The normalized spacial score (nSPS) is 33.0. The first-order valence-electron chi connectivity index (χ1n) is 9.56. The number of amides is 1. The molecule has 4 rings (SSSR count). The number of hydrogen-bond donors (Lipinski definition) is 1. The standard InChI is InChI=1S/C21H27F2NO2/c1-19(26)9-16(10-19)18(25)24-12-21(13-24)7-6-15(11-21)14-4-3-5-17(8-14)20(2,22)23/h3-5,8,15-16,26H,6-7,9-13H2,1-2H3/t15?,16-,19+. The van der Waals surface area contributed by atoms with Gasteiger partial charge in [-0.25, -0.2) is 8.78 Å². The SMILES string of the molecule is CC(F)(F)c1cccc(C2CCC3(C2)CN(C(=O)[C@H]2C[C@@](C)(O)C2)C3)c1. The quantitative estimate of drug-likeness (QED) is 0.880. The lowest BCUT2D eigenvalue weighted by molar-refractivity contribution is -0.161. The van der Waals surface area contributed by atoms with Crippen LogP contribution in [0, 0.1) is 11.3 Å². The van der Waals surface area contributed by atoms with Gasteiger partial charge in [-0.2, -0.15) is 0 Å². The highest BCUT2D eigenvalue weighted by atomic mass is 19.3. The van der Waals surface area contributed by atoms with Crippen molar-refractivity contribution in [3.8, 4) is 0 Å². The number of aliphatic hydroxyl groups is 1. The lowest BCUT2D eigenvalue weighted by Crippen LogP contribution is -2.61. The molecule has 1 unspecified atom stereocenters. The summed E-state index contributed by atoms with van der Waals surface area (Å²) in [6.45, 7) is 4.29. The van der Waals surface area contributed by atoms with E-state index in [0.29, 0.717) is 18.8 Å². The summed E-state index contributed by atoms with van der Waals surface area (Å²) in [7, 11) is 0. The van der Waals surface area contributed by atoms with E-state index in [0.717, 1.165) is 44.8 Å². The number of alkyl halides is 2. The summed E-state index contributed by atoms with van der Waals surface area (Å²) in [5, 5.41) is 9.83. The Labute approximate surface area is 153 Å². The molecule has 0 aromatic heterocycles. The van der Waals surface area contributed by atoms with Crippen molar-refractivity contribution in [2.45, 2.75) is 63.4 Å². The average Bonchev–Trinajstić information content (AvgIpc) is 2.95. The fourth-order valence-electron chi connectivity index (χ4n) is 5.20. The molecule has 142 valence electrons. The Bertz CT molecular complexity index is 711. The smallest absolute Gasteiger partial charge is 0.270 e. The highest BCUT2D eigenvalue weighted by Gasteiger charge is 2.53. The summed E-state index contributed by atoms with van der Waals surface area (Å²) in [6.07, 6.45) is 4.15. The molecule has 2 saturated carbocycles. The molecule has 1 atom stereocenters. The Kier molecular flexibility index (Phi) is 3.96. The summed E-state index contributed by atoms with van der Waals surface area (Å²) in [4.78, 5) is 14.4. The van der Waals surface area contributed by atoms with Crippen molar-refractivity contribution < 1.29 is 18.7 Å². The molecule has 2 aliphatic carbocycles. The van der Waals surface area contributed by atoms with Crippen LogP contribution in [0.25, 0.3) is 0 Å². The Morgan fingerprint density at radius 3 is 2.58 bits per heavy atom. The van der Waals surface area contributed by atoms with Gasteiger partial charge in [0, 0.05) is 36.9 Å². The van der Waals surface area contributed by atoms with Crippen molar-refractivity contribution in [3.63, 3.8) is 0 Å². The molecule has 0 bridgehead atoms. The van der Waals surface area contributed by atoms with Crippen molar-refractivity contribution in [2.24, 2.45) is 11.3 Å². The van der Waals surface area contributed by atoms with Crippen molar-refractivity contribution >= 4 is 5.91 Å². The number of rotatable bonds is 3. The molecular formula is C21H27F2NO2. The van der Waals surface area contributed by atoms with Gasteiger partial charge in [-0.15, -0.1) is 0 Å². The molecule has 1 saturated heterocycles. The molecule has 1 aromatic carbocycles. The van der Waals surface area contributed by atoms with Gasteiger partial charge in [0.25, 0.3) is 5.92 Å². The first-order chi connectivity index (χ1) is 12.1. The van der Waals surface area contributed by atoms with Gasteiger partial charge in [0.1, 0.15) is 0 Å². The maximum atomic E-state index is 13.6. The van der Waals surface area contributed by atoms with Gasteiger partial charge in [-0.3, -0.25) is 4.79 Å². The van der Waals surface area contributed by atoms with E-state index in [-0.39, 0.29) is 22.8 Å². The van der Waals surface area contributed by atoms with E-state index in [2.05, 4.69) is 0 Å². The Hall–Kier alpha value is -1.49. The second kappa shape index (κ2) is 5.75. The highest BCUT2D eigenvalue weighted by Crippen LogP contribution is 2.53. The number of benzene rings is 1. The molecule has 3 fully saturated rings. The molecule has 1 amide bonds. The van der Waals surface area contributed by atoms with Gasteiger partial charge in [-0.05, 0) is 56.6 Å². The van der Waals surface area contributed by atoms with Crippen LogP contribution < -0.4 is 0 Å². The van der Waals surface area contributed by atoms with E-state index >= 15 is 0 Å². The molecule has 26 heavy (non-hydrogen) atoms. The molecule has 1 aromatic rings. The van der Waals surface area contributed by atoms with Crippen LogP contribution in [0.4, 0.5) is 8.78 Å². The van der Waals surface area contributed by atoms with Gasteiger partial charge >= 0.3 is 0 Å². The van der Waals surface area contributed by atoms with Crippen molar-refractivity contribution in [2.75, 3.05) is 13.1 Å². The second-order valence-corrected chi connectivity index (χ2v) is 9.25. The van der Waals surface area contributed by atoms with E-state index in [1.54, 1.807) is 19.1 Å². The molecule has 0 radical (unpaired) electrons. The number of carbonyl (C=O) groups is 1. The maximum Gasteiger partial charge on any atom is 0.270 e. The predicted octanol–water partition coefficient (Wildman–Crippen LogP) is 4.06. The third-order valence-corrected chi connectivity index (χ3v) is 6.65. The van der Waals surface area contributed by atoms with Crippen LogP contribution in [0.1, 0.15) is 63.0 Å². The van der Waals surface area contributed by atoms with Gasteiger partial charge in [0.15, 0.2) is 0 Å². The minimum Gasteiger partial charge on any atom is -0.390 e. The molecule has 5 heteroatoms. The summed E-state index contributed by atoms with van der Waals surface area (Å²) < 4.78 is 27.2. The first kappa shape index (κ1) is 17.9. The zero-order valence-electron chi connectivity index (χ0n) is 15.5. The minimum absolute atomic E-state index is 0.0250. The number of nitrogens with zero attached hydrogens (tertiary/aromatic N) is 1. The van der Waals surface area contributed by atoms with Crippen LogP contribution in [0.5, 0.6) is 0 Å². The van der Waals surface area contributed by atoms with Crippen LogP contribution >= 0.6 is 0 Å². The average molecular weight is 363 g/mol. The number of carbonyl (C=O) groups excluding carboxylic acids is 1. The highest BCUT2D eigenvalue weighted by molar-refractivity contribution is 5.81. The van der Waals surface area contributed by atoms with Crippen LogP contribution in [0.2, 0.25) is 0 Å². The molecule has 1 aliphatic heterocycles. The van der Waals surface area contributed by atoms with E-state index < -0.39 is 11.5 Å². The Morgan fingerprint density at radius 2 is 1.96 bits per heavy atom. The zero-order valence-corrected chi connectivity index (χ0v) is 15.5. The summed E-state index contributed by atoms with van der Waals surface area (Å²) in [5.41, 5.74) is 0.574. The monoisotopic (exact) mass is 363 g/mol. The number of likely N-dealkylation sites (tertiary alicyclic amines) is 1. The van der Waals surface area contributed by atoms with E-state index in [1.165, 1.54) is 6.07 Å². The maximum absolute atomic E-state index is 13.6. The molecule has 3 aliphatic rings. The van der Waals surface area contributed by atoms with Crippen molar-refractivity contribution in [3.05, 3.63) is 35.4 Å². The molecule has 3 nitrogen and oxygen atoms in total. The lowest BCUT2D eigenvalue weighted by atomic mass is 9.69. The Morgan fingerprint density at radius 1 is 1.27 bits per heavy atom. The molecule has 1 spiro atoms. The fraction of sp³-hybridized carbons (Fsp3) is 0.667. The van der Waals surface area contributed by atoms with E-state index in [9.17, 15) is 18.7 Å². The van der Waals surface area contributed by atoms with Gasteiger partial charge < -0.3 is 10.0 Å².